The molecule has 1 aliphatic rings. The number of benzene rings is 3. The van der Waals surface area contributed by atoms with E-state index in [1.165, 1.54) is 76.7 Å². The Balaban J connectivity index is 1.44. The minimum Gasteiger partial charge on any atom is -0.494 e. The summed E-state index contributed by atoms with van der Waals surface area (Å²) in [5.74, 6) is 0.961. The molecule has 0 saturated carbocycles. The van der Waals surface area contributed by atoms with Crippen LogP contribution in [0.3, 0.4) is 0 Å². The van der Waals surface area contributed by atoms with E-state index in [1.54, 1.807) is 0 Å². The summed E-state index contributed by atoms with van der Waals surface area (Å²) >= 11 is 2.37. The maximum atomic E-state index is 6.08. The zero-order chi connectivity index (χ0) is 23.6. The fraction of sp³-hybridized carbons (Fsp3) is 0.355. The molecule has 1 heterocycles. The molecule has 34 heavy (non-hydrogen) atoms. The van der Waals surface area contributed by atoms with Gasteiger partial charge in [-0.3, -0.25) is 0 Å². The molecule has 0 spiro atoms. The summed E-state index contributed by atoms with van der Waals surface area (Å²) in [6.45, 7) is 6.89. The molecule has 178 valence electrons. The zero-order valence-electron chi connectivity index (χ0n) is 20.3. The van der Waals surface area contributed by atoms with Crippen molar-refractivity contribution in [2.45, 2.75) is 45.4 Å². The highest BCUT2D eigenvalue weighted by atomic mass is 127. The Morgan fingerprint density at radius 3 is 2.06 bits per heavy atom. The van der Waals surface area contributed by atoms with Crippen molar-refractivity contribution in [1.29, 1.82) is 0 Å². The fourth-order valence-electron chi connectivity index (χ4n) is 4.82. The van der Waals surface area contributed by atoms with E-state index in [2.05, 4.69) is 113 Å². The minimum atomic E-state index is 0.795. The van der Waals surface area contributed by atoms with E-state index in [0.29, 0.717) is 0 Å². The third-order valence-corrected chi connectivity index (χ3v) is 7.36. The number of likely N-dealkylation sites (tertiary alicyclic amines) is 1. The lowest BCUT2D eigenvalue weighted by Gasteiger charge is -2.17. The van der Waals surface area contributed by atoms with Crippen molar-refractivity contribution in [3.63, 3.8) is 0 Å². The standard InChI is InChI=1S/C31H36INO/c1-2-30(25-11-5-3-6-12-25)31(26-13-17-28(32)18-14-26)27-15-19-29(20-16-27)34-24-10-4-7-21-33-22-8-9-23-33/h3,5-6,11-20H,2,4,7-10,21-24H2,1H3/b31-30-. The van der Waals surface area contributed by atoms with Crippen molar-refractivity contribution < 1.29 is 4.74 Å². The largest absolute Gasteiger partial charge is 0.494 e. The first kappa shape index (κ1) is 25.0. The number of halogens is 1. The highest BCUT2D eigenvalue weighted by molar-refractivity contribution is 14.1. The average Bonchev–Trinajstić information content (AvgIpc) is 3.40. The van der Waals surface area contributed by atoms with Crippen molar-refractivity contribution in [2.75, 3.05) is 26.2 Å². The Kier molecular flexibility index (Phi) is 9.63. The fourth-order valence-corrected chi connectivity index (χ4v) is 5.18. The molecule has 0 bridgehead atoms. The summed E-state index contributed by atoms with van der Waals surface area (Å²) in [4.78, 5) is 2.60. The van der Waals surface area contributed by atoms with Gasteiger partial charge in [-0.1, -0.05) is 61.5 Å². The van der Waals surface area contributed by atoms with Crippen molar-refractivity contribution >= 4 is 33.7 Å². The number of nitrogens with zero attached hydrogens (tertiary/aromatic N) is 1. The lowest BCUT2D eigenvalue weighted by Crippen LogP contribution is -2.20. The van der Waals surface area contributed by atoms with Crippen LogP contribution in [0.25, 0.3) is 11.1 Å². The Labute approximate surface area is 219 Å². The second-order valence-electron chi connectivity index (χ2n) is 9.06. The van der Waals surface area contributed by atoms with Crippen LogP contribution in [0.1, 0.15) is 62.1 Å². The van der Waals surface area contributed by atoms with E-state index in [1.807, 2.05) is 0 Å². The third-order valence-electron chi connectivity index (χ3n) is 6.64. The summed E-state index contributed by atoms with van der Waals surface area (Å²) in [5.41, 5.74) is 6.45. The van der Waals surface area contributed by atoms with Crippen molar-refractivity contribution in [2.24, 2.45) is 0 Å². The Bertz CT molecular complexity index is 1040. The van der Waals surface area contributed by atoms with Crippen LogP contribution in [0.5, 0.6) is 5.75 Å². The van der Waals surface area contributed by atoms with Crippen LogP contribution in [0.15, 0.2) is 78.9 Å². The highest BCUT2D eigenvalue weighted by Gasteiger charge is 2.13. The van der Waals surface area contributed by atoms with Gasteiger partial charge in [0.05, 0.1) is 6.61 Å². The van der Waals surface area contributed by atoms with Crippen LogP contribution in [0, 0.1) is 3.57 Å². The molecule has 0 N–H and O–H groups in total. The van der Waals surface area contributed by atoms with Gasteiger partial charge in [0.25, 0.3) is 0 Å². The van der Waals surface area contributed by atoms with E-state index in [9.17, 15) is 0 Å². The summed E-state index contributed by atoms with van der Waals surface area (Å²) in [6, 6.07) is 28.3. The first-order valence-corrected chi connectivity index (χ1v) is 13.8. The second kappa shape index (κ2) is 13.1. The Hall–Kier alpha value is -2.11. The molecular formula is C31H36INO. The van der Waals surface area contributed by atoms with Gasteiger partial charge in [0, 0.05) is 3.57 Å². The maximum Gasteiger partial charge on any atom is 0.119 e. The zero-order valence-corrected chi connectivity index (χ0v) is 22.5. The molecule has 0 aromatic heterocycles. The third kappa shape index (κ3) is 6.96. The first-order chi connectivity index (χ1) is 16.7. The van der Waals surface area contributed by atoms with Crippen molar-refractivity contribution in [3.8, 4) is 5.75 Å². The number of unbranched alkanes of at least 4 members (excludes halogenated alkanes) is 2. The van der Waals surface area contributed by atoms with E-state index in [4.69, 9.17) is 4.74 Å². The van der Waals surface area contributed by atoms with Crippen LogP contribution in [-0.4, -0.2) is 31.1 Å². The lowest BCUT2D eigenvalue weighted by molar-refractivity contribution is 0.290. The van der Waals surface area contributed by atoms with E-state index >= 15 is 0 Å². The number of ether oxygens (including phenoxy) is 1. The topological polar surface area (TPSA) is 12.5 Å². The van der Waals surface area contributed by atoms with Crippen molar-refractivity contribution in [1.82, 2.24) is 4.90 Å². The van der Waals surface area contributed by atoms with Gasteiger partial charge < -0.3 is 9.64 Å². The average molecular weight is 566 g/mol. The molecule has 1 aliphatic heterocycles. The van der Waals surface area contributed by atoms with E-state index in [0.717, 1.165) is 25.2 Å². The van der Waals surface area contributed by atoms with Crippen LogP contribution in [0.2, 0.25) is 0 Å². The van der Waals surface area contributed by atoms with Gasteiger partial charge in [0.2, 0.25) is 0 Å². The van der Waals surface area contributed by atoms with Gasteiger partial charge in [-0.15, -0.1) is 0 Å². The normalized spacial score (nSPS) is 14.8. The molecule has 3 heteroatoms. The van der Waals surface area contributed by atoms with E-state index in [-0.39, 0.29) is 0 Å². The summed E-state index contributed by atoms with van der Waals surface area (Å²) in [6.07, 6.45) is 7.38. The number of allylic oxidation sites excluding steroid dienone is 1. The van der Waals surface area contributed by atoms with Gasteiger partial charge in [-0.25, -0.2) is 0 Å². The molecular weight excluding hydrogens is 529 g/mol. The van der Waals surface area contributed by atoms with Crippen LogP contribution < -0.4 is 4.74 Å². The van der Waals surface area contributed by atoms with Gasteiger partial charge in [0.1, 0.15) is 5.75 Å². The Morgan fingerprint density at radius 2 is 1.41 bits per heavy atom. The molecule has 3 aromatic rings. The van der Waals surface area contributed by atoms with Gasteiger partial charge in [0.15, 0.2) is 0 Å². The maximum absolute atomic E-state index is 6.08. The SMILES string of the molecule is CC/C(=C(\c1ccc(I)cc1)c1ccc(OCCCCCN2CCCC2)cc1)c1ccccc1. The molecule has 3 aromatic carbocycles. The van der Waals surface area contributed by atoms with Crippen molar-refractivity contribution in [3.05, 3.63) is 99.1 Å². The predicted octanol–water partition coefficient (Wildman–Crippen LogP) is 8.31. The Morgan fingerprint density at radius 1 is 0.765 bits per heavy atom. The molecule has 1 fully saturated rings. The van der Waals surface area contributed by atoms with Crippen LogP contribution >= 0.6 is 22.6 Å². The van der Waals surface area contributed by atoms with Crippen LogP contribution in [0.4, 0.5) is 0 Å². The highest BCUT2D eigenvalue weighted by Crippen LogP contribution is 2.35. The first-order valence-electron chi connectivity index (χ1n) is 12.7. The van der Waals surface area contributed by atoms with Crippen LogP contribution in [-0.2, 0) is 0 Å². The molecule has 1 saturated heterocycles. The molecule has 4 rings (SSSR count). The molecule has 0 radical (unpaired) electrons. The van der Waals surface area contributed by atoms with Gasteiger partial charge >= 0.3 is 0 Å². The number of hydrogen-bond acceptors (Lipinski definition) is 2. The lowest BCUT2D eigenvalue weighted by atomic mass is 9.88. The molecule has 0 atom stereocenters. The smallest absolute Gasteiger partial charge is 0.119 e. The molecule has 0 aliphatic carbocycles. The monoisotopic (exact) mass is 565 g/mol. The van der Waals surface area contributed by atoms with Gasteiger partial charge in [-0.2, -0.15) is 0 Å². The summed E-state index contributed by atoms with van der Waals surface area (Å²) < 4.78 is 7.33. The predicted molar refractivity (Wildman–Crippen MR) is 153 cm³/mol. The molecule has 0 amide bonds. The van der Waals surface area contributed by atoms with Gasteiger partial charge in [-0.05, 0) is 133 Å². The van der Waals surface area contributed by atoms with E-state index < -0.39 is 0 Å². The molecule has 2 nitrogen and oxygen atoms in total. The summed E-state index contributed by atoms with van der Waals surface area (Å²) in [7, 11) is 0. The minimum absolute atomic E-state index is 0.795. The second-order valence-corrected chi connectivity index (χ2v) is 10.3. The quantitative estimate of drug-likeness (QED) is 0.132. The summed E-state index contributed by atoms with van der Waals surface area (Å²) in [5, 5.41) is 0. The number of hydrogen-bond donors (Lipinski definition) is 0. The molecule has 0 unspecified atom stereocenters. The number of rotatable bonds is 11.